The van der Waals surface area contributed by atoms with Crippen LogP contribution in [-0.4, -0.2) is 42.7 Å². The van der Waals surface area contributed by atoms with Crippen molar-refractivity contribution in [2.75, 3.05) is 25.5 Å². The molecule has 28 heavy (non-hydrogen) atoms. The highest BCUT2D eigenvalue weighted by atomic mass is 19.4. The number of hydrogen-bond donors (Lipinski definition) is 1. The number of carboxylic acid groups (broad SMARTS) is 1. The van der Waals surface area contributed by atoms with Crippen molar-refractivity contribution >= 4 is 11.7 Å². The highest BCUT2D eigenvalue weighted by molar-refractivity contribution is 5.74. The number of benzene rings is 2. The molecule has 150 valence electrons. The van der Waals surface area contributed by atoms with E-state index in [1.165, 1.54) is 6.07 Å². The number of nitrogens with zero attached hydrogens (tertiary/aromatic N) is 2. The van der Waals surface area contributed by atoms with Gasteiger partial charge in [-0.15, -0.1) is 0 Å². The molecule has 0 spiro atoms. The van der Waals surface area contributed by atoms with Crippen LogP contribution in [0.2, 0.25) is 0 Å². The number of rotatable bonds is 5. The first kappa shape index (κ1) is 20.2. The minimum atomic E-state index is -4.45. The predicted molar refractivity (Wildman–Crippen MR) is 101 cm³/mol. The van der Waals surface area contributed by atoms with Gasteiger partial charge in [0, 0.05) is 26.3 Å². The molecule has 0 bridgehead atoms. The maximum absolute atomic E-state index is 13.2. The third-order valence-electron chi connectivity index (χ3n) is 5.17. The molecule has 7 heteroatoms. The van der Waals surface area contributed by atoms with E-state index in [0.717, 1.165) is 23.4 Å². The summed E-state index contributed by atoms with van der Waals surface area (Å²) in [5, 5.41) is 9.60. The highest BCUT2D eigenvalue weighted by Crippen LogP contribution is 2.38. The lowest BCUT2D eigenvalue weighted by Crippen LogP contribution is -2.39. The van der Waals surface area contributed by atoms with Crippen LogP contribution in [0.15, 0.2) is 48.5 Å². The quantitative estimate of drug-likeness (QED) is 0.819. The van der Waals surface area contributed by atoms with Gasteiger partial charge in [-0.05, 0) is 48.2 Å². The Morgan fingerprint density at radius 2 is 1.82 bits per heavy atom. The molecular formula is C21H23F3N2O2. The largest absolute Gasteiger partial charge is 0.480 e. The summed E-state index contributed by atoms with van der Waals surface area (Å²) in [6.45, 7) is 0.521. The first-order valence-electron chi connectivity index (χ1n) is 9.11. The van der Waals surface area contributed by atoms with E-state index >= 15 is 0 Å². The van der Waals surface area contributed by atoms with Crippen molar-refractivity contribution in [2.45, 2.75) is 31.1 Å². The Hall–Kier alpha value is -2.54. The normalized spacial score (nSPS) is 18.8. The first-order chi connectivity index (χ1) is 13.2. The fraction of sp³-hybridized carbons (Fsp3) is 0.381. The van der Waals surface area contributed by atoms with Crippen LogP contribution in [0.3, 0.4) is 0 Å². The summed E-state index contributed by atoms with van der Waals surface area (Å²) >= 11 is 0. The van der Waals surface area contributed by atoms with Crippen molar-refractivity contribution in [3.8, 4) is 0 Å². The number of carboxylic acids is 1. The Balaban J connectivity index is 2.08. The first-order valence-corrected chi connectivity index (χ1v) is 9.11. The number of anilines is 1. The number of hydrogen-bond acceptors (Lipinski definition) is 3. The van der Waals surface area contributed by atoms with Gasteiger partial charge in [0.1, 0.15) is 6.04 Å². The fourth-order valence-electron chi connectivity index (χ4n) is 3.78. The molecule has 2 atom stereocenters. The number of aliphatic carboxylic acids is 1. The second-order valence-corrected chi connectivity index (χ2v) is 7.25. The van der Waals surface area contributed by atoms with Crippen LogP contribution in [0.5, 0.6) is 0 Å². The Morgan fingerprint density at radius 1 is 1.14 bits per heavy atom. The zero-order valence-electron chi connectivity index (χ0n) is 15.8. The van der Waals surface area contributed by atoms with E-state index < -0.39 is 29.8 Å². The lowest BCUT2D eigenvalue weighted by Gasteiger charge is -2.32. The molecule has 0 radical (unpaired) electrons. The predicted octanol–water partition coefficient (Wildman–Crippen LogP) is 4.41. The summed E-state index contributed by atoms with van der Waals surface area (Å²) in [6.07, 6.45) is -3.27. The number of carbonyl (C=O) groups is 1. The molecule has 0 amide bonds. The van der Waals surface area contributed by atoms with Crippen LogP contribution >= 0.6 is 0 Å². The molecule has 2 unspecified atom stereocenters. The van der Waals surface area contributed by atoms with Crippen LogP contribution < -0.4 is 4.90 Å². The van der Waals surface area contributed by atoms with E-state index in [4.69, 9.17) is 0 Å². The Bertz CT molecular complexity index is 834. The minimum absolute atomic E-state index is 0.445. The second-order valence-electron chi connectivity index (χ2n) is 7.25. The number of alkyl halides is 3. The summed E-state index contributed by atoms with van der Waals surface area (Å²) in [7, 11) is 3.81. The smallest absolute Gasteiger partial charge is 0.416 e. The van der Waals surface area contributed by atoms with Crippen molar-refractivity contribution in [1.82, 2.24) is 4.90 Å². The van der Waals surface area contributed by atoms with Gasteiger partial charge in [0.05, 0.1) is 11.6 Å². The second kappa shape index (κ2) is 7.83. The van der Waals surface area contributed by atoms with Crippen LogP contribution in [0.1, 0.15) is 35.6 Å². The average molecular weight is 392 g/mol. The van der Waals surface area contributed by atoms with E-state index in [1.807, 2.05) is 43.3 Å². The van der Waals surface area contributed by atoms with Gasteiger partial charge in [-0.1, -0.05) is 24.3 Å². The van der Waals surface area contributed by atoms with Crippen LogP contribution in [-0.2, 0) is 11.0 Å². The maximum Gasteiger partial charge on any atom is 0.416 e. The fourth-order valence-corrected chi connectivity index (χ4v) is 3.78. The van der Waals surface area contributed by atoms with Crippen LogP contribution in [0.25, 0.3) is 0 Å². The summed E-state index contributed by atoms with van der Waals surface area (Å²) in [5.74, 6) is -0.945. The maximum atomic E-state index is 13.2. The zero-order valence-corrected chi connectivity index (χ0v) is 15.8. The van der Waals surface area contributed by atoms with Gasteiger partial charge in [0.25, 0.3) is 0 Å². The third kappa shape index (κ3) is 4.14. The molecule has 2 aromatic carbocycles. The van der Waals surface area contributed by atoms with Gasteiger partial charge >= 0.3 is 12.1 Å². The minimum Gasteiger partial charge on any atom is -0.480 e. The lowest BCUT2D eigenvalue weighted by molar-refractivity contribution is -0.143. The Morgan fingerprint density at radius 3 is 2.39 bits per heavy atom. The molecule has 1 aliphatic rings. The SMILES string of the molecule is CN(C)c1ccc(C(c2cccc(C(F)(F)F)c2)N2CCCC2C(=O)O)cc1. The van der Waals surface area contributed by atoms with E-state index in [1.54, 1.807) is 11.0 Å². The van der Waals surface area contributed by atoms with E-state index in [0.29, 0.717) is 24.9 Å². The molecule has 0 aromatic heterocycles. The average Bonchev–Trinajstić information content (AvgIpc) is 3.11. The van der Waals surface area contributed by atoms with Crippen LogP contribution in [0.4, 0.5) is 18.9 Å². The van der Waals surface area contributed by atoms with Crippen molar-refractivity contribution in [3.05, 3.63) is 65.2 Å². The molecule has 0 saturated carbocycles. The summed E-state index contributed by atoms with van der Waals surface area (Å²) in [6, 6.07) is 11.4. The Kier molecular flexibility index (Phi) is 5.65. The highest BCUT2D eigenvalue weighted by Gasteiger charge is 2.38. The van der Waals surface area contributed by atoms with Crippen LogP contribution in [0, 0.1) is 0 Å². The molecule has 1 N–H and O–H groups in total. The lowest BCUT2D eigenvalue weighted by atomic mass is 9.94. The van der Waals surface area contributed by atoms with Gasteiger partial charge in [-0.2, -0.15) is 13.2 Å². The van der Waals surface area contributed by atoms with Crippen molar-refractivity contribution < 1.29 is 23.1 Å². The Labute approximate surface area is 162 Å². The molecule has 2 aromatic rings. The topological polar surface area (TPSA) is 43.8 Å². The summed E-state index contributed by atoms with van der Waals surface area (Å²) in [5.41, 5.74) is 1.45. The third-order valence-corrected chi connectivity index (χ3v) is 5.17. The van der Waals surface area contributed by atoms with Gasteiger partial charge in [-0.25, -0.2) is 0 Å². The zero-order chi connectivity index (χ0) is 20.5. The summed E-state index contributed by atoms with van der Waals surface area (Å²) in [4.78, 5) is 15.4. The van der Waals surface area contributed by atoms with E-state index in [-0.39, 0.29) is 0 Å². The van der Waals surface area contributed by atoms with E-state index in [9.17, 15) is 23.1 Å². The van der Waals surface area contributed by atoms with Gasteiger partial charge in [-0.3, -0.25) is 9.69 Å². The van der Waals surface area contributed by atoms with Gasteiger partial charge < -0.3 is 10.0 Å². The van der Waals surface area contributed by atoms with Gasteiger partial charge in [0.2, 0.25) is 0 Å². The number of likely N-dealkylation sites (tertiary alicyclic amines) is 1. The summed E-state index contributed by atoms with van der Waals surface area (Å²) < 4.78 is 39.7. The molecule has 0 aliphatic carbocycles. The molecule has 1 heterocycles. The monoisotopic (exact) mass is 392 g/mol. The molecule has 1 fully saturated rings. The molecular weight excluding hydrogens is 369 g/mol. The van der Waals surface area contributed by atoms with Gasteiger partial charge in [0.15, 0.2) is 0 Å². The van der Waals surface area contributed by atoms with Crippen molar-refractivity contribution in [1.29, 1.82) is 0 Å². The van der Waals surface area contributed by atoms with Crippen molar-refractivity contribution in [2.24, 2.45) is 0 Å². The molecule has 4 nitrogen and oxygen atoms in total. The standard InChI is InChI=1S/C21H23F3N2O2/c1-25(2)17-10-8-14(9-11-17)19(26-12-4-7-18(26)20(27)28)15-5-3-6-16(13-15)21(22,23)24/h3,5-6,8-11,13,18-19H,4,7,12H2,1-2H3,(H,27,28). The molecule has 3 rings (SSSR count). The van der Waals surface area contributed by atoms with Crippen molar-refractivity contribution in [3.63, 3.8) is 0 Å². The molecule has 1 aliphatic heterocycles. The number of halogens is 3. The molecule has 1 saturated heterocycles. The van der Waals surface area contributed by atoms with E-state index in [2.05, 4.69) is 0 Å².